The van der Waals surface area contributed by atoms with Crippen LogP contribution in [0.15, 0.2) is 17.1 Å². The summed E-state index contributed by atoms with van der Waals surface area (Å²) in [6.45, 7) is 1.23. The predicted molar refractivity (Wildman–Crippen MR) is 81.4 cm³/mol. The molecule has 0 amide bonds. The topological polar surface area (TPSA) is 59.6 Å². The average Bonchev–Trinajstić information content (AvgIpc) is 3.06. The summed E-state index contributed by atoms with van der Waals surface area (Å²) in [5, 5.41) is 4.02. The molecule has 1 aromatic carbocycles. The van der Waals surface area contributed by atoms with Crippen molar-refractivity contribution in [1.29, 1.82) is 0 Å². The lowest BCUT2D eigenvalue weighted by atomic mass is 10.1. The van der Waals surface area contributed by atoms with Gasteiger partial charge in [0.2, 0.25) is 0 Å². The van der Waals surface area contributed by atoms with Gasteiger partial charge in [-0.15, -0.1) is 0 Å². The molecule has 2 aliphatic rings. The first-order valence-corrected chi connectivity index (χ1v) is 7.61. The van der Waals surface area contributed by atoms with Crippen LogP contribution in [0.1, 0.15) is 36.8 Å². The van der Waals surface area contributed by atoms with Crippen LogP contribution in [-0.2, 0) is 13.0 Å². The normalized spacial score (nSPS) is 18.9. The van der Waals surface area contributed by atoms with Gasteiger partial charge in [-0.3, -0.25) is 0 Å². The number of nitrogens with two attached hydrogens (primary N) is 1. The molecule has 0 atom stereocenters. The number of nitrogens with zero attached hydrogens (tertiary/aromatic N) is 1. The number of fused-ring (bicyclic) bond motifs is 1. The molecule has 0 bridgehead atoms. The zero-order chi connectivity index (χ0) is 13.9. The summed E-state index contributed by atoms with van der Waals surface area (Å²) in [5.41, 5.74) is 8.14. The van der Waals surface area contributed by atoms with Gasteiger partial charge in [0.1, 0.15) is 5.75 Å². The summed E-state index contributed by atoms with van der Waals surface area (Å²) in [6.07, 6.45) is 5.85. The first-order chi connectivity index (χ1) is 9.72. The fourth-order valence-corrected chi connectivity index (χ4v) is 3.22. The first kappa shape index (κ1) is 13.6. The van der Waals surface area contributed by atoms with Crippen molar-refractivity contribution in [2.24, 2.45) is 10.7 Å². The monoisotopic (exact) mass is 293 g/mol. The van der Waals surface area contributed by atoms with E-state index in [1.165, 1.54) is 31.2 Å². The number of halogens is 1. The van der Waals surface area contributed by atoms with Gasteiger partial charge in [0, 0.05) is 23.0 Å². The van der Waals surface area contributed by atoms with Gasteiger partial charge in [-0.25, -0.2) is 4.99 Å². The van der Waals surface area contributed by atoms with Gasteiger partial charge >= 0.3 is 0 Å². The number of nitrogens with one attached hydrogen (secondary N) is 1. The second-order valence-electron chi connectivity index (χ2n) is 5.48. The van der Waals surface area contributed by atoms with Gasteiger partial charge in [-0.1, -0.05) is 24.4 Å². The number of ether oxygens (including phenoxy) is 1. The molecule has 0 saturated heterocycles. The van der Waals surface area contributed by atoms with E-state index in [2.05, 4.69) is 10.3 Å². The predicted octanol–water partition coefficient (Wildman–Crippen LogP) is 2.62. The fraction of sp³-hybridized carbons (Fsp3) is 0.533. The van der Waals surface area contributed by atoms with E-state index in [0.717, 1.165) is 29.4 Å². The molecule has 1 saturated carbocycles. The van der Waals surface area contributed by atoms with Gasteiger partial charge in [0.05, 0.1) is 13.2 Å². The second-order valence-corrected chi connectivity index (χ2v) is 5.92. The highest BCUT2D eigenvalue weighted by Crippen LogP contribution is 2.33. The molecular formula is C15H20ClN3O. The highest BCUT2D eigenvalue weighted by molar-refractivity contribution is 6.30. The zero-order valence-corrected chi connectivity index (χ0v) is 12.2. The Morgan fingerprint density at radius 3 is 3.00 bits per heavy atom. The van der Waals surface area contributed by atoms with Crippen molar-refractivity contribution < 1.29 is 4.74 Å². The van der Waals surface area contributed by atoms with Crippen LogP contribution in [-0.4, -0.2) is 18.6 Å². The Labute approximate surface area is 124 Å². The maximum atomic E-state index is 6.13. The Morgan fingerprint density at radius 1 is 1.40 bits per heavy atom. The van der Waals surface area contributed by atoms with Crippen LogP contribution in [0, 0.1) is 0 Å². The lowest BCUT2D eigenvalue weighted by Crippen LogP contribution is -2.38. The van der Waals surface area contributed by atoms with Crippen LogP contribution in [0.2, 0.25) is 5.02 Å². The molecule has 1 heterocycles. The molecular weight excluding hydrogens is 274 g/mol. The first-order valence-electron chi connectivity index (χ1n) is 7.23. The minimum atomic E-state index is 0.486. The van der Waals surface area contributed by atoms with Crippen LogP contribution in [0.5, 0.6) is 5.75 Å². The number of benzene rings is 1. The largest absolute Gasteiger partial charge is 0.493 e. The average molecular weight is 294 g/mol. The molecule has 5 heteroatoms. The van der Waals surface area contributed by atoms with E-state index in [0.29, 0.717) is 18.5 Å². The number of hydrogen-bond acceptors (Lipinski definition) is 2. The molecule has 4 nitrogen and oxygen atoms in total. The van der Waals surface area contributed by atoms with Gasteiger partial charge in [-0.2, -0.15) is 0 Å². The maximum absolute atomic E-state index is 6.13. The van der Waals surface area contributed by atoms with Crippen molar-refractivity contribution in [3.8, 4) is 5.75 Å². The van der Waals surface area contributed by atoms with Crippen LogP contribution in [0.3, 0.4) is 0 Å². The van der Waals surface area contributed by atoms with Crippen LogP contribution >= 0.6 is 11.6 Å². The standard InChI is InChI=1S/C15H20ClN3O/c16-12-7-10-5-6-20-14(10)11(8-12)9-18-15(17)19-13-3-1-2-4-13/h7-8,13H,1-6,9H2,(H3,17,18,19). The SMILES string of the molecule is NC(=NCc1cc(Cl)cc2c1OCC2)NC1CCCC1. The Hall–Kier alpha value is -1.42. The quantitative estimate of drug-likeness (QED) is 0.665. The van der Waals surface area contributed by atoms with Crippen molar-refractivity contribution >= 4 is 17.6 Å². The third-order valence-corrected chi connectivity index (χ3v) is 4.17. The van der Waals surface area contributed by atoms with E-state index in [9.17, 15) is 0 Å². The summed E-state index contributed by atoms with van der Waals surface area (Å²) in [6, 6.07) is 4.37. The van der Waals surface area contributed by atoms with Crippen LogP contribution < -0.4 is 15.8 Å². The lowest BCUT2D eigenvalue weighted by Gasteiger charge is -2.13. The molecule has 0 radical (unpaired) electrons. The highest BCUT2D eigenvalue weighted by atomic mass is 35.5. The Bertz CT molecular complexity index is 524. The Kier molecular flexibility index (Phi) is 4.01. The summed E-state index contributed by atoms with van der Waals surface area (Å²) < 4.78 is 5.66. The number of guanidine groups is 1. The van der Waals surface area contributed by atoms with Crippen molar-refractivity contribution in [2.45, 2.75) is 44.7 Å². The van der Waals surface area contributed by atoms with Crippen molar-refractivity contribution in [2.75, 3.05) is 6.61 Å². The molecule has 0 unspecified atom stereocenters. The minimum absolute atomic E-state index is 0.486. The molecule has 3 N–H and O–H groups in total. The smallest absolute Gasteiger partial charge is 0.189 e. The minimum Gasteiger partial charge on any atom is -0.493 e. The summed E-state index contributed by atoms with van der Waals surface area (Å²) >= 11 is 6.13. The molecule has 1 aromatic rings. The summed E-state index contributed by atoms with van der Waals surface area (Å²) in [5.74, 6) is 1.45. The van der Waals surface area contributed by atoms with E-state index in [-0.39, 0.29) is 0 Å². The number of hydrogen-bond donors (Lipinski definition) is 2. The fourth-order valence-electron chi connectivity index (χ4n) is 2.96. The van der Waals surface area contributed by atoms with Crippen LogP contribution in [0.25, 0.3) is 0 Å². The lowest BCUT2D eigenvalue weighted by molar-refractivity contribution is 0.353. The highest BCUT2D eigenvalue weighted by Gasteiger charge is 2.18. The number of aliphatic imine (C=N–C) groups is 1. The van der Waals surface area contributed by atoms with Crippen molar-refractivity contribution in [3.63, 3.8) is 0 Å². The van der Waals surface area contributed by atoms with E-state index in [1.807, 2.05) is 12.1 Å². The molecule has 3 rings (SSSR count). The van der Waals surface area contributed by atoms with E-state index >= 15 is 0 Å². The molecule has 1 aliphatic heterocycles. The second kappa shape index (κ2) is 5.92. The van der Waals surface area contributed by atoms with Gasteiger partial charge < -0.3 is 15.8 Å². The molecule has 108 valence electrons. The number of rotatable bonds is 3. The summed E-state index contributed by atoms with van der Waals surface area (Å²) in [7, 11) is 0. The van der Waals surface area contributed by atoms with Gasteiger partial charge in [0.15, 0.2) is 5.96 Å². The molecule has 1 aliphatic carbocycles. The van der Waals surface area contributed by atoms with Gasteiger partial charge in [0.25, 0.3) is 0 Å². The molecule has 0 spiro atoms. The zero-order valence-electron chi connectivity index (χ0n) is 11.5. The van der Waals surface area contributed by atoms with Crippen molar-refractivity contribution in [1.82, 2.24) is 5.32 Å². The third-order valence-electron chi connectivity index (χ3n) is 3.95. The molecule has 0 aromatic heterocycles. The van der Waals surface area contributed by atoms with E-state index < -0.39 is 0 Å². The Morgan fingerprint density at radius 2 is 2.20 bits per heavy atom. The summed E-state index contributed by atoms with van der Waals surface area (Å²) in [4.78, 5) is 4.42. The molecule has 20 heavy (non-hydrogen) atoms. The van der Waals surface area contributed by atoms with E-state index in [1.54, 1.807) is 0 Å². The molecule has 1 fully saturated rings. The Balaban J connectivity index is 1.68. The van der Waals surface area contributed by atoms with Crippen molar-refractivity contribution in [3.05, 3.63) is 28.3 Å². The van der Waals surface area contributed by atoms with E-state index in [4.69, 9.17) is 22.1 Å². The van der Waals surface area contributed by atoms with Crippen LogP contribution in [0.4, 0.5) is 0 Å². The maximum Gasteiger partial charge on any atom is 0.189 e. The van der Waals surface area contributed by atoms with Gasteiger partial charge in [-0.05, 0) is 30.5 Å². The third kappa shape index (κ3) is 3.01.